The van der Waals surface area contributed by atoms with Crippen molar-refractivity contribution in [3.05, 3.63) is 245 Å². The summed E-state index contributed by atoms with van der Waals surface area (Å²) in [7, 11) is 0. The van der Waals surface area contributed by atoms with Crippen molar-refractivity contribution in [2.24, 2.45) is 0 Å². The normalized spacial score (nSPS) is 15.5. The Morgan fingerprint density at radius 1 is 0.312 bits per heavy atom. The lowest BCUT2D eigenvalue weighted by molar-refractivity contribution is 0.564. The second-order valence-corrected chi connectivity index (χ2v) is 19.1. The van der Waals surface area contributed by atoms with Crippen molar-refractivity contribution in [3.8, 4) is 44.5 Å². The van der Waals surface area contributed by atoms with Gasteiger partial charge in [-0.3, -0.25) is 4.98 Å². The molecule has 4 aliphatic carbocycles. The molecule has 0 unspecified atom stereocenters. The molecule has 2 spiro atoms. The molecule has 0 saturated heterocycles. The fraction of sp³-hybridized carbons (Fsp3) is 0.0952. The minimum atomic E-state index is -0.115. The summed E-state index contributed by atoms with van der Waals surface area (Å²) in [6.45, 7) is 0. The SMILES string of the molecule is c1ccc2c(c1)-c1ccc(-c3c4ccccc4c(-c4ccc5c(c4)C4(Cc6cc7ccccc7cc6C4)c4ccccc4-5)c4cnccc34)cc1C21Cc2cc3ccccc3cc2C1. The van der Waals surface area contributed by atoms with Crippen LogP contribution < -0.4 is 0 Å². The largest absolute Gasteiger partial charge is 0.264 e. The van der Waals surface area contributed by atoms with Crippen LogP contribution in [-0.4, -0.2) is 4.98 Å². The first-order valence-electron chi connectivity index (χ1n) is 22.9. The van der Waals surface area contributed by atoms with Crippen LogP contribution in [0.3, 0.4) is 0 Å². The van der Waals surface area contributed by atoms with Crippen LogP contribution in [0.1, 0.15) is 44.5 Å². The summed E-state index contributed by atoms with van der Waals surface area (Å²) >= 11 is 0. The summed E-state index contributed by atoms with van der Waals surface area (Å²) in [5.41, 5.74) is 22.1. The number of nitrogens with zero attached hydrogens (tertiary/aromatic N) is 1. The Hall–Kier alpha value is -7.61. The van der Waals surface area contributed by atoms with Crippen molar-refractivity contribution in [2.45, 2.75) is 36.5 Å². The zero-order chi connectivity index (χ0) is 41.7. The Morgan fingerprint density at radius 2 is 0.688 bits per heavy atom. The van der Waals surface area contributed by atoms with Gasteiger partial charge in [0.15, 0.2) is 0 Å². The van der Waals surface area contributed by atoms with Gasteiger partial charge in [-0.05, 0) is 171 Å². The number of benzene rings is 10. The molecule has 1 heteroatoms. The Bertz CT molecular complexity index is 3470. The zero-order valence-corrected chi connectivity index (χ0v) is 35.3. The number of rotatable bonds is 2. The average molecular weight is 812 g/mol. The maximum Gasteiger partial charge on any atom is 0.0353 e. The maximum atomic E-state index is 4.86. The molecule has 11 aromatic rings. The Morgan fingerprint density at radius 3 is 1.16 bits per heavy atom. The van der Waals surface area contributed by atoms with Gasteiger partial charge in [0.1, 0.15) is 0 Å². The molecule has 15 rings (SSSR count). The minimum absolute atomic E-state index is 0.112. The molecule has 0 atom stereocenters. The van der Waals surface area contributed by atoms with Gasteiger partial charge in [0, 0.05) is 28.6 Å². The Labute approximate surface area is 372 Å². The van der Waals surface area contributed by atoms with Crippen LogP contribution in [0.2, 0.25) is 0 Å². The van der Waals surface area contributed by atoms with Gasteiger partial charge in [0.05, 0.1) is 0 Å². The lowest BCUT2D eigenvalue weighted by Gasteiger charge is -2.28. The quantitative estimate of drug-likeness (QED) is 0.159. The average Bonchev–Trinajstić information content (AvgIpc) is 4.06. The van der Waals surface area contributed by atoms with E-state index in [4.69, 9.17) is 4.98 Å². The molecule has 0 N–H and O–H groups in total. The van der Waals surface area contributed by atoms with Crippen LogP contribution in [0.25, 0.3) is 87.6 Å². The van der Waals surface area contributed by atoms with E-state index >= 15 is 0 Å². The van der Waals surface area contributed by atoms with Gasteiger partial charge in [-0.1, -0.05) is 170 Å². The molecular weight excluding hydrogens is 771 g/mol. The van der Waals surface area contributed by atoms with Gasteiger partial charge in [-0.15, -0.1) is 0 Å². The molecular formula is C63H41N. The van der Waals surface area contributed by atoms with Crippen molar-refractivity contribution in [1.29, 1.82) is 0 Å². The van der Waals surface area contributed by atoms with Crippen molar-refractivity contribution in [1.82, 2.24) is 4.98 Å². The first-order chi connectivity index (χ1) is 31.6. The maximum absolute atomic E-state index is 4.86. The summed E-state index contributed by atoms with van der Waals surface area (Å²) in [5, 5.41) is 10.3. The van der Waals surface area contributed by atoms with Gasteiger partial charge in [-0.25, -0.2) is 0 Å². The van der Waals surface area contributed by atoms with E-state index in [2.05, 4.69) is 194 Å². The number of pyridine rings is 1. The fourth-order valence-corrected chi connectivity index (χ4v) is 13.4. The van der Waals surface area contributed by atoms with Gasteiger partial charge >= 0.3 is 0 Å². The fourth-order valence-electron chi connectivity index (χ4n) is 13.4. The van der Waals surface area contributed by atoms with Crippen molar-refractivity contribution >= 4 is 43.1 Å². The molecule has 1 aromatic heterocycles. The smallest absolute Gasteiger partial charge is 0.0353 e. The molecule has 0 bridgehead atoms. The van der Waals surface area contributed by atoms with Crippen LogP contribution in [0.5, 0.6) is 0 Å². The Balaban J connectivity index is 0.921. The molecule has 0 aliphatic heterocycles. The highest BCUT2D eigenvalue weighted by molar-refractivity contribution is 6.21. The van der Waals surface area contributed by atoms with E-state index in [0.717, 1.165) is 25.7 Å². The number of fused-ring (bicyclic) bond motifs is 16. The highest BCUT2D eigenvalue weighted by atomic mass is 14.6. The summed E-state index contributed by atoms with van der Waals surface area (Å²) in [4.78, 5) is 4.86. The third-order valence-corrected chi connectivity index (χ3v) is 16.0. The van der Waals surface area contributed by atoms with Crippen molar-refractivity contribution in [3.63, 3.8) is 0 Å². The lowest BCUT2D eigenvalue weighted by atomic mass is 9.74. The zero-order valence-electron chi connectivity index (χ0n) is 35.3. The third-order valence-electron chi connectivity index (χ3n) is 16.0. The van der Waals surface area contributed by atoms with E-state index in [1.165, 1.54) is 132 Å². The van der Waals surface area contributed by atoms with Crippen LogP contribution in [0.15, 0.2) is 200 Å². The summed E-state index contributed by atoms with van der Waals surface area (Å²) in [5.74, 6) is 0. The molecule has 4 aliphatic rings. The number of hydrogen-bond acceptors (Lipinski definition) is 1. The van der Waals surface area contributed by atoms with E-state index in [1.54, 1.807) is 0 Å². The van der Waals surface area contributed by atoms with Gasteiger partial charge < -0.3 is 0 Å². The predicted octanol–water partition coefficient (Wildman–Crippen LogP) is 15.2. The molecule has 1 heterocycles. The van der Waals surface area contributed by atoms with Crippen LogP contribution in [-0.2, 0) is 36.5 Å². The van der Waals surface area contributed by atoms with Crippen LogP contribution in [0.4, 0.5) is 0 Å². The van der Waals surface area contributed by atoms with Crippen LogP contribution in [0, 0.1) is 0 Å². The van der Waals surface area contributed by atoms with E-state index in [-0.39, 0.29) is 10.8 Å². The predicted molar refractivity (Wildman–Crippen MR) is 265 cm³/mol. The first kappa shape index (κ1) is 34.9. The summed E-state index contributed by atoms with van der Waals surface area (Å²) < 4.78 is 0. The van der Waals surface area contributed by atoms with Crippen molar-refractivity contribution < 1.29 is 0 Å². The molecule has 298 valence electrons. The summed E-state index contributed by atoms with van der Waals surface area (Å²) in [6.07, 6.45) is 8.15. The highest BCUT2D eigenvalue weighted by Crippen LogP contribution is 2.59. The van der Waals surface area contributed by atoms with E-state index in [1.807, 2.05) is 6.20 Å². The van der Waals surface area contributed by atoms with E-state index in [9.17, 15) is 0 Å². The second-order valence-electron chi connectivity index (χ2n) is 19.1. The summed E-state index contributed by atoms with van der Waals surface area (Å²) in [6, 6.07) is 72.1. The molecule has 1 nitrogen and oxygen atoms in total. The minimum Gasteiger partial charge on any atom is -0.264 e. The Kier molecular flexibility index (Phi) is 6.83. The number of hydrogen-bond donors (Lipinski definition) is 0. The molecule has 0 radical (unpaired) electrons. The van der Waals surface area contributed by atoms with Gasteiger partial charge in [0.25, 0.3) is 0 Å². The lowest BCUT2D eigenvalue weighted by Crippen LogP contribution is -2.25. The molecule has 0 saturated carbocycles. The molecule has 64 heavy (non-hydrogen) atoms. The first-order valence-corrected chi connectivity index (χ1v) is 22.9. The molecule has 10 aromatic carbocycles. The highest BCUT2D eigenvalue weighted by Gasteiger charge is 2.49. The molecule has 0 amide bonds. The van der Waals surface area contributed by atoms with Gasteiger partial charge in [0.2, 0.25) is 0 Å². The van der Waals surface area contributed by atoms with E-state index in [0.29, 0.717) is 0 Å². The second kappa shape index (κ2) is 12.5. The monoisotopic (exact) mass is 811 g/mol. The third kappa shape index (κ3) is 4.56. The van der Waals surface area contributed by atoms with Crippen molar-refractivity contribution in [2.75, 3.05) is 0 Å². The standard InChI is InChI=1S/C63H41N/c1-2-12-39-28-45-34-62(33-44(45)27-38(39)11-1)56-19-9-7-15-48(56)50-23-21-42(31-58(50)62)60-52-17-5-6-18-53(52)61(55-37-64-26-25-54(55)60)43-22-24-51-49-16-8-10-20-57(49)63(59(51)32-43)35-46-29-40-13-3-4-14-41(40)30-47(46)36-63/h1-32,37H,33-36H2. The topological polar surface area (TPSA) is 12.9 Å². The van der Waals surface area contributed by atoms with Gasteiger partial charge in [-0.2, -0.15) is 0 Å². The van der Waals surface area contributed by atoms with Crippen LogP contribution >= 0.6 is 0 Å². The molecule has 0 fully saturated rings. The number of aromatic nitrogens is 1. The van der Waals surface area contributed by atoms with E-state index < -0.39 is 0 Å².